The summed E-state index contributed by atoms with van der Waals surface area (Å²) in [5, 5.41) is 0. The minimum absolute atomic E-state index is 0.0317. The van der Waals surface area contributed by atoms with E-state index in [2.05, 4.69) is 50.3 Å². The average molecular weight is 939 g/mol. The minimum atomic E-state index is -4.38. The highest BCUT2D eigenvalue weighted by atomic mass is 31.2. The molecule has 0 aliphatic carbocycles. The van der Waals surface area contributed by atoms with E-state index >= 15 is 0 Å². The largest absolute Gasteiger partial charge is 0.472 e. The number of unbranched alkanes of at least 4 members (excludes halogenated alkanes) is 30. The molecule has 0 radical (unpaired) electrons. The van der Waals surface area contributed by atoms with Gasteiger partial charge in [-0.25, -0.2) is 4.57 Å². The molecule has 0 amide bonds. The molecule has 9 nitrogen and oxygen atoms in total. The number of allylic oxidation sites excluding steroid dienone is 6. The standard InChI is InChI=1S/C55H104NO8P/c1-6-8-10-12-14-16-18-19-20-21-22-23-24-25-26-27-28-29-30-31-32-33-34-35-36-37-38-40-42-44-46-48-55(58)64-53(52-63-65(59,60)62-50-49-56(3,4)5)51-61-54(57)47-45-43-41-39-17-15-13-11-9-7-2/h11,13,18-19,21-22,53H,6-10,12,14-17,20,23-52H2,1-5H3/p+1/b13-11-,19-18-,22-21-. The Morgan fingerprint density at radius 1 is 0.477 bits per heavy atom. The summed E-state index contributed by atoms with van der Waals surface area (Å²) < 4.78 is 34.4. The molecule has 0 aromatic heterocycles. The normalized spacial score (nSPS) is 13.6. The summed E-state index contributed by atoms with van der Waals surface area (Å²) in [6.45, 7) is 4.36. The molecule has 0 aliphatic rings. The fraction of sp³-hybridized carbons (Fsp3) is 0.855. The summed E-state index contributed by atoms with van der Waals surface area (Å²) in [6.07, 6.45) is 56.6. The van der Waals surface area contributed by atoms with E-state index in [1.54, 1.807) is 0 Å². The SMILES string of the molecule is CCC/C=C\CCCCCCCC(=O)OCC(COP(=O)(O)OCC[N+](C)(C)C)OC(=O)CCCCCCCCCCCCCCCCCCCCC/C=C\C/C=C\CCCCCCC. The van der Waals surface area contributed by atoms with Gasteiger partial charge < -0.3 is 18.9 Å². The first-order valence-electron chi connectivity index (χ1n) is 27.2. The van der Waals surface area contributed by atoms with Gasteiger partial charge in [-0.05, 0) is 64.2 Å². The molecule has 0 bridgehead atoms. The van der Waals surface area contributed by atoms with Crippen molar-refractivity contribution in [2.24, 2.45) is 0 Å². The predicted octanol–water partition coefficient (Wildman–Crippen LogP) is 16.4. The molecule has 65 heavy (non-hydrogen) atoms. The third-order valence-corrected chi connectivity index (χ3v) is 12.9. The number of esters is 2. The number of phosphoric ester groups is 1. The smallest absolute Gasteiger partial charge is 0.462 e. The van der Waals surface area contributed by atoms with E-state index in [-0.39, 0.29) is 32.0 Å². The maximum Gasteiger partial charge on any atom is 0.472 e. The first-order chi connectivity index (χ1) is 31.5. The summed E-state index contributed by atoms with van der Waals surface area (Å²) in [4.78, 5) is 35.4. The molecule has 0 rings (SSSR count). The van der Waals surface area contributed by atoms with Crippen molar-refractivity contribution in [1.82, 2.24) is 0 Å². The lowest BCUT2D eigenvalue weighted by Crippen LogP contribution is -2.37. The zero-order valence-corrected chi connectivity index (χ0v) is 44.1. The summed E-state index contributed by atoms with van der Waals surface area (Å²) in [5.41, 5.74) is 0. The molecule has 0 saturated heterocycles. The lowest BCUT2D eigenvalue weighted by Gasteiger charge is -2.24. The van der Waals surface area contributed by atoms with Crippen molar-refractivity contribution < 1.29 is 42.1 Å². The van der Waals surface area contributed by atoms with Crippen LogP contribution in [0, 0.1) is 0 Å². The van der Waals surface area contributed by atoms with Crippen LogP contribution in [-0.4, -0.2) is 74.9 Å². The molecule has 0 heterocycles. The lowest BCUT2D eigenvalue weighted by atomic mass is 10.0. The fourth-order valence-corrected chi connectivity index (χ4v) is 8.38. The van der Waals surface area contributed by atoms with Gasteiger partial charge in [-0.3, -0.25) is 18.6 Å². The maximum atomic E-state index is 12.7. The molecule has 2 unspecified atom stereocenters. The summed E-state index contributed by atoms with van der Waals surface area (Å²) in [5.74, 6) is -0.802. The van der Waals surface area contributed by atoms with Crippen LogP contribution in [0.4, 0.5) is 0 Å². The first kappa shape index (κ1) is 63.2. The van der Waals surface area contributed by atoms with Gasteiger partial charge in [0, 0.05) is 12.8 Å². The van der Waals surface area contributed by atoms with E-state index in [4.69, 9.17) is 18.5 Å². The molecule has 10 heteroatoms. The van der Waals surface area contributed by atoms with E-state index in [1.807, 2.05) is 21.1 Å². The fourth-order valence-electron chi connectivity index (χ4n) is 7.64. The second-order valence-electron chi connectivity index (χ2n) is 19.6. The number of ether oxygens (including phenoxy) is 2. The van der Waals surface area contributed by atoms with Gasteiger partial charge in [-0.2, -0.15) is 0 Å². The zero-order valence-electron chi connectivity index (χ0n) is 43.2. The molecule has 0 spiro atoms. The number of nitrogens with zero attached hydrogens (tertiary/aromatic N) is 1. The lowest BCUT2D eigenvalue weighted by molar-refractivity contribution is -0.870. The Balaban J connectivity index is 3.99. The van der Waals surface area contributed by atoms with Crippen molar-refractivity contribution in [3.63, 3.8) is 0 Å². The van der Waals surface area contributed by atoms with Gasteiger partial charge in [0.1, 0.15) is 19.8 Å². The molecule has 0 aromatic rings. The third-order valence-electron chi connectivity index (χ3n) is 11.9. The van der Waals surface area contributed by atoms with Crippen LogP contribution in [-0.2, 0) is 32.7 Å². The number of carbonyl (C=O) groups excluding carboxylic acids is 2. The zero-order chi connectivity index (χ0) is 47.8. The summed E-state index contributed by atoms with van der Waals surface area (Å²) in [6, 6.07) is 0. The summed E-state index contributed by atoms with van der Waals surface area (Å²) in [7, 11) is 1.48. The van der Waals surface area contributed by atoms with Crippen molar-refractivity contribution in [3.05, 3.63) is 36.5 Å². The maximum absolute atomic E-state index is 12.7. The van der Waals surface area contributed by atoms with Gasteiger partial charge >= 0.3 is 19.8 Å². The molecule has 0 fully saturated rings. The number of rotatable bonds is 50. The number of phosphoric acid groups is 1. The average Bonchev–Trinajstić information content (AvgIpc) is 3.26. The van der Waals surface area contributed by atoms with Gasteiger partial charge in [-0.15, -0.1) is 0 Å². The Hall–Kier alpha value is -1.77. The predicted molar refractivity (Wildman–Crippen MR) is 275 cm³/mol. The summed E-state index contributed by atoms with van der Waals surface area (Å²) >= 11 is 0. The Bertz CT molecular complexity index is 1200. The molecule has 0 aromatic carbocycles. The monoisotopic (exact) mass is 939 g/mol. The van der Waals surface area contributed by atoms with Crippen molar-refractivity contribution in [3.8, 4) is 0 Å². The highest BCUT2D eigenvalue weighted by Crippen LogP contribution is 2.43. The van der Waals surface area contributed by atoms with Crippen LogP contribution in [0.25, 0.3) is 0 Å². The van der Waals surface area contributed by atoms with E-state index in [9.17, 15) is 19.0 Å². The van der Waals surface area contributed by atoms with Gasteiger partial charge in [0.2, 0.25) is 0 Å². The van der Waals surface area contributed by atoms with E-state index < -0.39 is 26.5 Å². The second-order valence-corrected chi connectivity index (χ2v) is 21.1. The van der Waals surface area contributed by atoms with Crippen LogP contribution in [0.15, 0.2) is 36.5 Å². The van der Waals surface area contributed by atoms with Crippen LogP contribution in [0.1, 0.15) is 251 Å². The van der Waals surface area contributed by atoms with Crippen LogP contribution in [0.3, 0.4) is 0 Å². The number of hydrogen-bond acceptors (Lipinski definition) is 7. The van der Waals surface area contributed by atoms with Crippen LogP contribution >= 0.6 is 7.82 Å². The van der Waals surface area contributed by atoms with E-state index in [0.717, 1.165) is 64.2 Å². The van der Waals surface area contributed by atoms with Crippen LogP contribution < -0.4 is 0 Å². The number of carbonyl (C=O) groups is 2. The van der Waals surface area contributed by atoms with Crippen LogP contribution in [0.5, 0.6) is 0 Å². The minimum Gasteiger partial charge on any atom is -0.462 e. The number of quaternary nitrogens is 1. The molecule has 0 saturated carbocycles. The van der Waals surface area contributed by atoms with Gasteiger partial charge in [-0.1, -0.05) is 211 Å². The Morgan fingerprint density at radius 3 is 1.29 bits per heavy atom. The molecule has 0 aliphatic heterocycles. The third kappa shape index (κ3) is 51.5. The highest BCUT2D eigenvalue weighted by Gasteiger charge is 2.27. The van der Waals surface area contributed by atoms with Crippen molar-refractivity contribution in [1.29, 1.82) is 0 Å². The van der Waals surface area contributed by atoms with E-state index in [1.165, 1.54) is 154 Å². The molecule has 1 N–H and O–H groups in total. The Morgan fingerprint density at radius 2 is 0.862 bits per heavy atom. The topological polar surface area (TPSA) is 108 Å². The van der Waals surface area contributed by atoms with Crippen molar-refractivity contribution in [2.45, 2.75) is 258 Å². The Kier molecular flexibility index (Phi) is 46.0. The quantitative estimate of drug-likeness (QED) is 0.0211. The number of likely N-dealkylation sites (N-methyl/N-ethyl adjacent to an activating group) is 1. The van der Waals surface area contributed by atoms with Gasteiger partial charge in [0.25, 0.3) is 0 Å². The first-order valence-corrected chi connectivity index (χ1v) is 28.7. The van der Waals surface area contributed by atoms with Gasteiger partial charge in [0.15, 0.2) is 6.10 Å². The second kappa shape index (κ2) is 47.3. The van der Waals surface area contributed by atoms with Gasteiger partial charge in [0.05, 0.1) is 27.7 Å². The molecular weight excluding hydrogens is 834 g/mol. The van der Waals surface area contributed by atoms with Crippen molar-refractivity contribution in [2.75, 3.05) is 47.5 Å². The molecule has 2 atom stereocenters. The van der Waals surface area contributed by atoms with Crippen LogP contribution in [0.2, 0.25) is 0 Å². The Labute approximate surface area is 401 Å². The molecule has 382 valence electrons. The highest BCUT2D eigenvalue weighted by molar-refractivity contribution is 7.47. The van der Waals surface area contributed by atoms with E-state index in [0.29, 0.717) is 17.4 Å². The number of hydrogen-bond donors (Lipinski definition) is 1. The molecular formula is C55H105NO8P+. The van der Waals surface area contributed by atoms with Crippen molar-refractivity contribution >= 4 is 19.8 Å².